The zero-order valence-electron chi connectivity index (χ0n) is 13.1. The Hall–Kier alpha value is -2.95. The van der Waals surface area contributed by atoms with E-state index in [1.807, 2.05) is 41.3 Å². The van der Waals surface area contributed by atoms with Gasteiger partial charge < -0.3 is 9.88 Å². The van der Waals surface area contributed by atoms with Gasteiger partial charge in [-0.15, -0.1) is 0 Å². The van der Waals surface area contributed by atoms with Crippen LogP contribution in [0.15, 0.2) is 59.7 Å². The Morgan fingerprint density at radius 2 is 1.96 bits per heavy atom. The molecule has 24 heavy (non-hydrogen) atoms. The van der Waals surface area contributed by atoms with Crippen LogP contribution in [0, 0.1) is 0 Å². The highest BCUT2D eigenvalue weighted by molar-refractivity contribution is 6.06. The minimum Gasteiger partial charge on any atom is -0.332 e. The number of H-pyrrole nitrogens is 1. The van der Waals surface area contributed by atoms with E-state index in [1.54, 1.807) is 12.4 Å². The molecule has 3 heterocycles. The molecule has 0 aliphatic carbocycles. The highest BCUT2D eigenvalue weighted by Gasteiger charge is 2.31. The molecule has 120 valence electrons. The average molecular weight is 319 g/mol. The molecule has 0 saturated carbocycles. The van der Waals surface area contributed by atoms with Crippen molar-refractivity contribution in [3.63, 3.8) is 0 Å². The highest BCUT2D eigenvalue weighted by atomic mass is 16.2. The van der Waals surface area contributed by atoms with E-state index in [0.29, 0.717) is 17.6 Å². The minimum atomic E-state index is -0.253. The Bertz CT molecular complexity index is 949. The van der Waals surface area contributed by atoms with Gasteiger partial charge in [0.1, 0.15) is 0 Å². The predicted octanol–water partition coefficient (Wildman–Crippen LogP) is 2.90. The fourth-order valence-corrected chi connectivity index (χ4v) is 3.48. The van der Waals surface area contributed by atoms with Crippen LogP contribution < -0.4 is 5.56 Å². The predicted molar refractivity (Wildman–Crippen MR) is 91.8 cm³/mol. The third kappa shape index (κ3) is 2.48. The lowest BCUT2D eigenvalue weighted by Gasteiger charge is -2.25. The van der Waals surface area contributed by atoms with Gasteiger partial charge in [0.05, 0.1) is 11.6 Å². The fraction of sp³-hybridized carbons (Fsp3) is 0.211. The second-order valence-corrected chi connectivity index (χ2v) is 6.03. The molecule has 5 nitrogen and oxygen atoms in total. The molecule has 2 aromatic heterocycles. The molecule has 1 atom stereocenters. The number of pyridine rings is 2. The molecule has 0 spiro atoms. The molecule has 1 amide bonds. The first kappa shape index (κ1) is 14.6. The number of amides is 1. The van der Waals surface area contributed by atoms with Gasteiger partial charge >= 0.3 is 0 Å². The van der Waals surface area contributed by atoms with E-state index in [4.69, 9.17) is 0 Å². The molecule has 4 rings (SSSR count). The third-order valence-electron chi connectivity index (χ3n) is 4.59. The lowest BCUT2D eigenvalue weighted by Crippen LogP contribution is -2.31. The Morgan fingerprint density at radius 3 is 2.79 bits per heavy atom. The van der Waals surface area contributed by atoms with Crippen molar-refractivity contribution < 1.29 is 4.79 Å². The molecule has 1 aliphatic heterocycles. The molecule has 5 heteroatoms. The number of hydrogen-bond acceptors (Lipinski definition) is 3. The number of fused-ring (bicyclic) bond motifs is 1. The summed E-state index contributed by atoms with van der Waals surface area (Å²) in [5.74, 6) is -0.0865. The number of nitrogens with one attached hydrogen (secondary N) is 1. The summed E-state index contributed by atoms with van der Waals surface area (Å²) in [7, 11) is 0. The third-order valence-corrected chi connectivity index (χ3v) is 4.59. The molecule has 3 aromatic rings. The van der Waals surface area contributed by atoms with E-state index in [1.165, 1.54) is 6.07 Å². The van der Waals surface area contributed by atoms with Gasteiger partial charge in [-0.3, -0.25) is 14.6 Å². The number of hydrogen-bond donors (Lipinski definition) is 1. The number of aromatic amines is 1. The van der Waals surface area contributed by atoms with Gasteiger partial charge in [0, 0.05) is 35.9 Å². The summed E-state index contributed by atoms with van der Waals surface area (Å²) in [5, 5.41) is 0.780. The maximum absolute atomic E-state index is 13.2. The van der Waals surface area contributed by atoms with Crippen LogP contribution in [0.2, 0.25) is 0 Å². The summed E-state index contributed by atoms with van der Waals surface area (Å²) >= 11 is 0. The molecule has 1 aliphatic rings. The van der Waals surface area contributed by atoms with Crippen molar-refractivity contribution in [2.45, 2.75) is 18.9 Å². The quantitative estimate of drug-likeness (QED) is 0.790. The van der Waals surface area contributed by atoms with Crippen LogP contribution in [0.25, 0.3) is 10.9 Å². The van der Waals surface area contributed by atoms with Gasteiger partial charge in [-0.2, -0.15) is 0 Å². The summed E-state index contributed by atoms with van der Waals surface area (Å²) in [6.07, 6.45) is 5.38. The van der Waals surface area contributed by atoms with E-state index in [-0.39, 0.29) is 17.5 Å². The van der Waals surface area contributed by atoms with E-state index in [0.717, 1.165) is 23.8 Å². The highest BCUT2D eigenvalue weighted by Crippen LogP contribution is 2.33. The SMILES string of the molecule is O=C(c1cc(=O)[nH]c2ccccc12)N1CCCC1c1ccncc1. The molecule has 1 saturated heterocycles. The molecule has 1 fully saturated rings. The largest absolute Gasteiger partial charge is 0.332 e. The molecular formula is C19H17N3O2. The molecule has 1 N–H and O–H groups in total. The van der Waals surface area contributed by atoms with Crippen molar-refractivity contribution in [2.75, 3.05) is 6.54 Å². The van der Waals surface area contributed by atoms with Crippen molar-refractivity contribution in [2.24, 2.45) is 0 Å². The normalized spacial score (nSPS) is 17.3. The minimum absolute atomic E-state index is 0.0403. The van der Waals surface area contributed by atoms with E-state index in [2.05, 4.69) is 9.97 Å². The standard InChI is InChI=1S/C19H17N3O2/c23-18-12-15(14-4-1-2-5-16(14)21-18)19(24)22-11-3-6-17(22)13-7-9-20-10-8-13/h1-2,4-5,7-10,12,17H,3,6,11H2,(H,21,23). The van der Waals surface area contributed by atoms with Crippen LogP contribution in [0.4, 0.5) is 0 Å². The summed E-state index contributed by atoms with van der Waals surface area (Å²) in [4.78, 5) is 33.8. The van der Waals surface area contributed by atoms with Crippen molar-refractivity contribution in [3.8, 4) is 0 Å². The Morgan fingerprint density at radius 1 is 1.17 bits per heavy atom. The Balaban J connectivity index is 1.77. The van der Waals surface area contributed by atoms with Crippen molar-refractivity contribution >= 4 is 16.8 Å². The Labute approximate surface area is 139 Å². The maximum atomic E-state index is 13.2. The van der Waals surface area contributed by atoms with Gasteiger partial charge in [-0.05, 0) is 36.6 Å². The van der Waals surface area contributed by atoms with E-state index >= 15 is 0 Å². The Kier molecular flexibility index (Phi) is 3.61. The monoisotopic (exact) mass is 319 g/mol. The summed E-state index contributed by atoms with van der Waals surface area (Å²) in [5.41, 5.74) is 1.99. The first-order valence-corrected chi connectivity index (χ1v) is 8.07. The van der Waals surface area contributed by atoms with Crippen LogP contribution in [0.1, 0.15) is 34.8 Å². The summed E-state index contributed by atoms with van der Waals surface area (Å²) < 4.78 is 0. The second kappa shape index (κ2) is 5.92. The number of aromatic nitrogens is 2. The molecule has 0 radical (unpaired) electrons. The van der Waals surface area contributed by atoms with Crippen molar-refractivity contribution in [3.05, 3.63) is 76.3 Å². The summed E-state index contributed by atoms with van der Waals surface area (Å²) in [6.45, 7) is 0.701. The summed E-state index contributed by atoms with van der Waals surface area (Å²) in [6, 6.07) is 12.8. The number of nitrogens with zero attached hydrogens (tertiary/aromatic N) is 2. The molecule has 0 bridgehead atoms. The number of carbonyl (C=O) groups is 1. The fourth-order valence-electron chi connectivity index (χ4n) is 3.48. The maximum Gasteiger partial charge on any atom is 0.255 e. The first-order valence-electron chi connectivity index (χ1n) is 8.07. The number of para-hydroxylation sites is 1. The van der Waals surface area contributed by atoms with E-state index < -0.39 is 0 Å². The average Bonchev–Trinajstić information content (AvgIpc) is 3.11. The van der Waals surface area contributed by atoms with Gasteiger partial charge in [0.2, 0.25) is 5.56 Å². The van der Waals surface area contributed by atoms with Crippen LogP contribution in [-0.4, -0.2) is 27.3 Å². The number of carbonyl (C=O) groups excluding carboxylic acids is 1. The molecule has 1 unspecified atom stereocenters. The van der Waals surface area contributed by atoms with E-state index in [9.17, 15) is 9.59 Å². The van der Waals surface area contributed by atoms with Gasteiger partial charge in [-0.25, -0.2) is 0 Å². The van der Waals surface area contributed by atoms with Crippen LogP contribution >= 0.6 is 0 Å². The smallest absolute Gasteiger partial charge is 0.255 e. The van der Waals surface area contributed by atoms with Crippen LogP contribution in [0.5, 0.6) is 0 Å². The van der Waals surface area contributed by atoms with Gasteiger partial charge in [0.25, 0.3) is 5.91 Å². The topological polar surface area (TPSA) is 66.1 Å². The molecule has 1 aromatic carbocycles. The zero-order valence-corrected chi connectivity index (χ0v) is 13.1. The van der Waals surface area contributed by atoms with Gasteiger partial charge in [0.15, 0.2) is 0 Å². The number of benzene rings is 1. The van der Waals surface area contributed by atoms with Crippen molar-refractivity contribution in [1.29, 1.82) is 0 Å². The second-order valence-electron chi connectivity index (χ2n) is 6.03. The number of rotatable bonds is 2. The first-order chi connectivity index (χ1) is 11.7. The van der Waals surface area contributed by atoms with Crippen LogP contribution in [-0.2, 0) is 0 Å². The molecular weight excluding hydrogens is 302 g/mol. The lowest BCUT2D eigenvalue weighted by atomic mass is 10.0. The van der Waals surface area contributed by atoms with Gasteiger partial charge in [-0.1, -0.05) is 18.2 Å². The number of likely N-dealkylation sites (tertiary alicyclic amines) is 1. The lowest BCUT2D eigenvalue weighted by molar-refractivity contribution is 0.0737. The zero-order chi connectivity index (χ0) is 16.5. The van der Waals surface area contributed by atoms with Crippen molar-refractivity contribution in [1.82, 2.24) is 14.9 Å². The van der Waals surface area contributed by atoms with Crippen LogP contribution in [0.3, 0.4) is 0 Å².